The molecule has 114 valence electrons. The summed E-state index contributed by atoms with van der Waals surface area (Å²) in [6.45, 7) is 0. The molecule has 0 aliphatic rings. The second kappa shape index (κ2) is 6.46. The lowest BCUT2D eigenvalue weighted by atomic mass is 10.0. The van der Waals surface area contributed by atoms with E-state index in [2.05, 4.69) is 15.5 Å². The first-order valence-electron chi connectivity index (χ1n) is 6.81. The molecule has 0 aliphatic heterocycles. The van der Waals surface area contributed by atoms with Crippen LogP contribution in [0.5, 0.6) is 5.75 Å². The number of nitrogens with one attached hydrogen (secondary N) is 1. The minimum Gasteiger partial charge on any atom is -0.507 e. The highest BCUT2D eigenvalue weighted by Gasteiger charge is 2.06. The molecule has 0 saturated carbocycles. The molecule has 0 spiro atoms. The number of phenolic OH excluding ortho intramolecular Hbond substituents is 1. The highest BCUT2D eigenvalue weighted by molar-refractivity contribution is 6.29. The Morgan fingerprint density at radius 2 is 2.00 bits per heavy atom. The molecule has 5 nitrogen and oxygen atoms in total. The topological polar surface area (TPSA) is 74.6 Å². The number of amides is 1. The number of nitrogens with zero attached hydrogens (tertiary/aromatic N) is 2. The van der Waals surface area contributed by atoms with Crippen molar-refractivity contribution in [2.45, 2.75) is 0 Å². The minimum absolute atomic E-state index is 0.0925. The third-order valence-corrected chi connectivity index (χ3v) is 3.52. The number of carbonyl (C=O) groups is 1. The maximum atomic E-state index is 11.9. The van der Waals surface area contributed by atoms with Crippen LogP contribution in [0.4, 0.5) is 0 Å². The lowest BCUT2D eigenvalue weighted by Crippen LogP contribution is -2.17. The van der Waals surface area contributed by atoms with Crippen LogP contribution >= 0.6 is 11.6 Å². The predicted molar refractivity (Wildman–Crippen MR) is 89.9 cm³/mol. The molecule has 0 bridgehead atoms. The summed E-state index contributed by atoms with van der Waals surface area (Å²) in [5, 5.41) is 16.0. The van der Waals surface area contributed by atoms with E-state index in [1.165, 1.54) is 18.5 Å². The maximum Gasteiger partial charge on any atom is 0.272 e. The Morgan fingerprint density at radius 1 is 1.17 bits per heavy atom. The van der Waals surface area contributed by atoms with Gasteiger partial charge in [0, 0.05) is 11.8 Å². The molecule has 2 aromatic carbocycles. The zero-order valence-corrected chi connectivity index (χ0v) is 12.7. The second-order valence-electron chi connectivity index (χ2n) is 4.79. The highest BCUT2D eigenvalue weighted by atomic mass is 35.5. The molecule has 1 aromatic heterocycles. The summed E-state index contributed by atoms with van der Waals surface area (Å²) >= 11 is 5.67. The fraction of sp³-hybridized carbons (Fsp3) is 0. The molecule has 0 aliphatic carbocycles. The summed E-state index contributed by atoms with van der Waals surface area (Å²) in [6.07, 6.45) is 2.78. The van der Waals surface area contributed by atoms with Gasteiger partial charge in [0.15, 0.2) is 0 Å². The average molecular weight is 326 g/mol. The first-order valence-corrected chi connectivity index (χ1v) is 7.18. The zero-order valence-electron chi connectivity index (χ0n) is 11.9. The number of halogens is 1. The van der Waals surface area contributed by atoms with E-state index >= 15 is 0 Å². The lowest BCUT2D eigenvalue weighted by Gasteiger charge is -2.04. The van der Waals surface area contributed by atoms with Crippen LogP contribution in [0.3, 0.4) is 0 Å². The number of benzene rings is 2. The molecule has 1 amide bonds. The molecule has 0 radical (unpaired) electrons. The van der Waals surface area contributed by atoms with Crippen LogP contribution in [0.2, 0.25) is 5.15 Å². The molecule has 0 unspecified atom stereocenters. The molecule has 0 atom stereocenters. The van der Waals surface area contributed by atoms with E-state index in [1.54, 1.807) is 12.1 Å². The van der Waals surface area contributed by atoms with Gasteiger partial charge in [0.2, 0.25) is 0 Å². The van der Waals surface area contributed by atoms with Gasteiger partial charge in [-0.1, -0.05) is 41.9 Å². The van der Waals surface area contributed by atoms with Gasteiger partial charge in [0.1, 0.15) is 10.9 Å². The molecule has 1 heterocycles. The van der Waals surface area contributed by atoms with Crippen molar-refractivity contribution < 1.29 is 9.90 Å². The molecular weight excluding hydrogens is 314 g/mol. The van der Waals surface area contributed by atoms with Crippen LogP contribution < -0.4 is 5.43 Å². The lowest BCUT2D eigenvalue weighted by molar-refractivity contribution is 0.0955. The summed E-state index contributed by atoms with van der Waals surface area (Å²) in [6, 6.07) is 14.1. The Labute approximate surface area is 137 Å². The van der Waals surface area contributed by atoms with Crippen LogP contribution in [0.1, 0.15) is 15.9 Å². The van der Waals surface area contributed by atoms with Gasteiger partial charge in [-0.25, -0.2) is 10.4 Å². The molecule has 3 rings (SSSR count). The molecule has 3 aromatic rings. The first-order chi connectivity index (χ1) is 11.1. The smallest absolute Gasteiger partial charge is 0.272 e. The Balaban J connectivity index is 1.82. The fourth-order valence-electron chi connectivity index (χ4n) is 2.15. The van der Waals surface area contributed by atoms with Gasteiger partial charge in [-0.05, 0) is 29.0 Å². The summed E-state index contributed by atoms with van der Waals surface area (Å²) in [7, 11) is 0. The zero-order chi connectivity index (χ0) is 16.2. The third-order valence-electron chi connectivity index (χ3n) is 3.30. The number of aromatic hydroxyl groups is 1. The van der Waals surface area contributed by atoms with E-state index in [9.17, 15) is 9.90 Å². The molecular formula is C17H12ClN3O2. The van der Waals surface area contributed by atoms with Gasteiger partial charge in [0.25, 0.3) is 5.91 Å². The van der Waals surface area contributed by atoms with Crippen LogP contribution in [0, 0.1) is 0 Å². The van der Waals surface area contributed by atoms with E-state index in [1.807, 2.05) is 30.3 Å². The minimum atomic E-state index is -0.412. The monoisotopic (exact) mass is 325 g/mol. The van der Waals surface area contributed by atoms with Crippen molar-refractivity contribution in [2.75, 3.05) is 0 Å². The van der Waals surface area contributed by atoms with E-state index < -0.39 is 5.91 Å². The van der Waals surface area contributed by atoms with Crippen molar-refractivity contribution in [3.63, 3.8) is 0 Å². The van der Waals surface area contributed by atoms with E-state index in [0.717, 1.165) is 10.8 Å². The van der Waals surface area contributed by atoms with Gasteiger partial charge in [-0.15, -0.1) is 0 Å². The molecule has 0 saturated heterocycles. The molecule has 0 fully saturated rings. The quantitative estimate of drug-likeness (QED) is 0.440. The number of pyridine rings is 1. The second-order valence-corrected chi connectivity index (χ2v) is 5.18. The van der Waals surface area contributed by atoms with Crippen LogP contribution in [-0.4, -0.2) is 22.2 Å². The van der Waals surface area contributed by atoms with Crippen LogP contribution in [0.15, 0.2) is 59.8 Å². The number of phenols is 1. The van der Waals surface area contributed by atoms with Gasteiger partial charge in [-0.3, -0.25) is 4.79 Å². The number of fused-ring (bicyclic) bond motifs is 1. The van der Waals surface area contributed by atoms with Crippen LogP contribution in [0.25, 0.3) is 10.8 Å². The van der Waals surface area contributed by atoms with E-state index in [0.29, 0.717) is 16.3 Å². The Morgan fingerprint density at radius 3 is 2.78 bits per heavy atom. The normalized spacial score (nSPS) is 11.0. The summed E-state index contributed by atoms with van der Waals surface area (Å²) in [5.41, 5.74) is 3.28. The summed E-state index contributed by atoms with van der Waals surface area (Å²) in [5.74, 6) is -0.319. The van der Waals surface area contributed by atoms with Crippen molar-refractivity contribution in [3.8, 4) is 5.75 Å². The largest absolute Gasteiger partial charge is 0.507 e. The van der Waals surface area contributed by atoms with Crippen molar-refractivity contribution in [3.05, 3.63) is 71.0 Å². The Hall–Kier alpha value is -2.92. The summed E-state index contributed by atoms with van der Waals surface area (Å²) < 4.78 is 0. The number of hydrogen-bond acceptors (Lipinski definition) is 4. The SMILES string of the molecule is O=C(N/N=C/c1c(O)ccc2ccccc12)c1ccc(Cl)nc1. The van der Waals surface area contributed by atoms with Gasteiger partial charge in [0.05, 0.1) is 11.8 Å². The number of hydrazone groups is 1. The predicted octanol–water partition coefficient (Wildman–Crippen LogP) is 3.36. The maximum absolute atomic E-state index is 11.9. The molecule has 2 N–H and O–H groups in total. The van der Waals surface area contributed by atoms with Crippen molar-refractivity contribution in [1.82, 2.24) is 10.4 Å². The summed E-state index contributed by atoms with van der Waals surface area (Å²) in [4.78, 5) is 15.8. The van der Waals surface area contributed by atoms with Gasteiger partial charge >= 0.3 is 0 Å². The highest BCUT2D eigenvalue weighted by Crippen LogP contribution is 2.25. The standard InChI is InChI=1S/C17H12ClN3O2/c18-16-8-6-12(9-19-16)17(23)21-20-10-14-13-4-2-1-3-11(13)5-7-15(14)22/h1-10,22H,(H,21,23)/b20-10+. The third kappa shape index (κ3) is 3.30. The van der Waals surface area contributed by atoms with Crippen LogP contribution in [-0.2, 0) is 0 Å². The number of hydrogen-bond donors (Lipinski definition) is 2. The fourth-order valence-corrected chi connectivity index (χ4v) is 2.26. The van der Waals surface area contributed by atoms with Crippen molar-refractivity contribution >= 4 is 34.5 Å². The van der Waals surface area contributed by atoms with E-state index in [-0.39, 0.29) is 5.75 Å². The number of rotatable bonds is 3. The Kier molecular flexibility index (Phi) is 4.21. The molecule has 23 heavy (non-hydrogen) atoms. The molecule has 6 heteroatoms. The Bertz CT molecular complexity index is 892. The van der Waals surface area contributed by atoms with Crippen molar-refractivity contribution in [2.24, 2.45) is 5.10 Å². The van der Waals surface area contributed by atoms with Crippen molar-refractivity contribution in [1.29, 1.82) is 0 Å². The van der Waals surface area contributed by atoms with Gasteiger partial charge < -0.3 is 5.11 Å². The average Bonchev–Trinajstić information content (AvgIpc) is 2.57. The number of carbonyl (C=O) groups excluding carboxylic acids is 1. The number of aromatic nitrogens is 1. The van der Waals surface area contributed by atoms with Gasteiger partial charge in [-0.2, -0.15) is 5.10 Å². The first kappa shape index (κ1) is 15.0. The van der Waals surface area contributed by atoms with E-state index in [4.69, 9.17) is 11.6 Å².